The van der Waals surface area contributed by atoms with Gasteiger partial charge in [0.25, 0.3) is 5.91 Å². The van der Waals surface area contributed by atoms with Gasteiger partial charge >= 0.3 is 5.97 Å². The van der Waals surface area contributed by atoms with E-state index in [1.807, 2.05) is 26.0 Å². The normalized spacial score (nSPS) is 18.2. The molecule has 32 heavy (non-hydrogen) atoms. The first kappa shape index (κ1) is 23.1. The number of hydrogen-bond acceptors (Lipinski definition) is 8. The number of aliphatic hydroxyl groups excluding tert-OH is 1. The number of benzene rings is 1. The first-order valence-corrected chi connectivity index (χ1v) is 10.5. The van der Waals surface area contributed by atoms with Gasteiger partial charge in [0.15, 0.2) is 5.57 Å². The Labute approximate surface area is 186 Å². The zero-order valence-electron chi connectivity index (χ0n) is 18.4. The van der Waals surface area contributed by atoms with E-state index in [1.165, 1.54) is 17.1 Å². The van der Waals surface area contributed by atoms with E-state index < -0.39 is 23.0 Å². The predicted octanol–water partition coefficient (Wildman–Crippen LogP) is 2.65. The summed E-state index contributed by atoms with van der Waals surface area (Å²) in [7, 11) is 1.66. The summed E-state index contributed by atoms with van der Waals surface area (Å²) in [6, 6.07) is 6.49. The number of hydrogen-bond donors (Lipinski definition) is 2. The number of amides is 1. The van der Waals surface area contributed by atoms with Gasteiger partial charge in [0.1, 0.15) is 29.2 Å². The largest absolute Gasteiger partial charge is 0.509 e. The number of likely N-dealkylation sites (N-methyl/N-ethyl adjacent to an activating group) is 1. The fourth-order valence-corrected chi connectivity index (χ4v) is 4.35. The molecule has 0 unspecified atom stereocenters. The van der Waals surface area contributed by atoms with Gasteiger partial charge in [-0.2, -0.15) is 10.5 Å². The molecule has 2 aliphatic rings. The molecular formula is C23H26N4O5. The van der Waals surface area contributed by atoms with Gasteiger partial charge in [-0.1, -0.05) is 32.8 Å². The molecule has 168 valence electrons. The molecule has 0 bridgehead atoms. The lowest BCUT2D eigenvalue weighted by atomic mass is 9.88. The third-order valence-corrected chi connectivity index (χ3v) is 6.10. The van der Waals surface area contributed by atoms with Crippen molar-refractivity contribution in [3.63, 3.8) is 0 Å². The number of carbonyl (C=O) groups excluding carboxylic acids is 2. The fraction of sp³-hybridized carbons (Fsp3) is 0.478. The number of esters is 1. The van der Waals surface area contributed by atoms with Gasteiger partial charge < -0.3 is 14.9 Å². The van der Waals surface area contributed by atoms with Crippen molar-refractivity contribution in [2.24, 2.45) is 5.92 Å². The van der Waals surface area contributed by atoms with Crippen LogP contribution in [-0.2, 0) is 20.9 Å². The summed E-state index contributed by atoms with van der Waals surface area (Å²) in [6.45, 7) is 3.71. The van der Waals surface area contributed by atoms with Gasteiger partial charge in [0.2, 0.25) is 0 Å². The van der Waals surface area contributed by atoms with E-state index in [0.29, 0.717) is 18.4 Å². The summed E-state index contributed by atoms with van der Waals surface area (Å²) >= 11 is 0. The molecule has 3 rings (SSSR count). The highest BCUT2D eigenvalue weighted by atomic mass is 16.5. The van der Waals surface area contributed by atoms with E-state index in [9.17, 15) is 30.3 Å². The number of carbonyl (C=O) groups is 2. The van der Waals surface area contributed by atoms with Crippen molar-refractivity contribution in [1.82, 2.24) is 10.0 Å². The highest BCUT2D eigenvalue weighted by molar-refractivity contribution is 6.17. The van der Waals surface area contributed by atoms with Crippen LogP contribution in [0.2, 0.25) is 0 Å². The number of hydrazine groups is 1. The molecule has 2 N–H and O–H groups in total. The number of ether oxygens (including phenoxy) is 1. The molecular weight excluding hydrogens is 412 g/mol. The Balaban J connectivity index is 2.07. The molecule has 0 atom stereocenters. The van der Waals surface area contributed by atoms with E-state index in [1.54, 1.807) is 12.1 Å². The number of rotatable bonds is 5. The van der Waals surface area contributed by atoms with Gasteiger partial charge in [-0.3, -0.25) is 9.80 Å². The van der Waals surface area contributed by atoms with Gasteiger partial charge in [0.05, 0.1) is 24.3 Å². The molecule has 1 saturated carbocycles. The molecule has 1 amide bonds. The monoisotopic (exact) mass is 438 g/mol. The van der Waals surface area contributed by atoms with E-state index in [4.69, 9.17) is 4.74 Å². The average molecular weight is 438 g/mol. The number of aromatic hydroxyl groups is 1. The summed E-state index contributed by atoms with van der Waals surface area (Å²) in [5.74, 6) is -2.18. The van der Waals surface area contributed by atoms with Crippen molar-refractivity contribution in [3.8, 4) is 17.9 Å². The van der Waals surface area contributed by atoms with Crippen molar-refractivity contribution in [2.75, 3.05) is 13.7 Å². The van der Waals surface area contributed by atoms with Gasteiger partial charge in [-0.05, 0) is 30.4 Å². The Kier molecular flexibility index (Phi) is 6.42. The molecule has 1 aliphatic carbocycles. The Morgan fingerprint density at radius 1 is 1.19 bits per heavy atom. The Hall–Kier alpha value is -3.56. The third-order valence-electron chi connectivity index (χ3n) is 6.10. The van der Waals surface area contributed by atoms with Gasteiger partial charge in [-0.15, -0.1) is 0 Å². The van der Waals surface area contributed by atoms with Crippen molar-refractivity contribution in [1.29, 1.82) is 10.5 Å². The maximum atomic E-state index is 13.4. The van der Waals surface area contributed by atoms with Crippen LogP contribution in [0, 0.1) is 28.6 Å². The first-order valence-electron chi connectivity index (χ1n) is 10.5. The smallest absolute Gasteiger partial charge is 0.347 e. The number of aliphatic hydroxyl groups is 1. The topological polar surface area (TPSA) is 138 Å². The molecule has 9 heteroatoms. The molecule has 9 nitrogen and oxygen atoms in total. The maximum absolute atomic E-state index is 13.4. The third kappa shape index (κ3) is 3.76. The minimum Gasteiger partial charge on any atom is -0.509 e. The lowest BCUT2D eigenvalue weighted by molar-refractivity contribution is -0.166. The molecule has 1 aliphatic heterocycles. The van der Waals surface area contributed by atoms with Crippen LogP contribution in [0.3, 0.4) is 0 Å². The van der Waals surface area contributed by atoms with Crippen LogP contribution < -0.4 is 0 Å². The lowest BCUT2D eigenvalue weighted by Gasteiger charge is -2.48. The summed E-state index contributed by atoms with van der Waals surface area (Å²) in [4.78, 5) is 26.2. The summed E-state index contributed by atoms with van der Waals surface area (Å²) in [5.41, 5.74) is -1.21. The van der Waals surface area contributed by atoms with Crippen molar-refractivity contribution >= 4 is 11.9 Å². The average Bonchev–Trinajstić information content (AvgIpc) is 3.26. The minimum atomic E-state index is -0.929. The Bertz CT molecular complexity index is 1060. The van der Waals surface area contributed by atoms with Crippen LogP contribution in [0.25, 0.3) is 0 Å². The van der Waals surface area contributed by atoms with Crippen LogP contribution in [-0.4, -0.2) is 51.3 Å². The van der Waals surface area contributed by atoms with E-state index in [2.05, 4.69) is 0 Å². The Morgan fingerprint density at radius 3 is 2.38 bits per heavy atom. The molecule has 1 fully saturated rings. The zero-order valence-corrected chi connectivity index (χ0v) is 18.4. The molecule has 0 saturated heterocycles. The van der Waals surface area contributed by atoms with Crippen molar-refractivity contribution in [3.05, 3.63) is 40.2 Å². The Morgan fingerprint density at radius 2 is 1.81 bits per heavy atom. The lowest BCUT2D eigenvalue weighted by Crippen LogP contribution is -2.61. The van der Waals surface area contributed by atoms with E-state index >= 15 is 0 Å². The van der Waals surface area contributed by atoms with Crippen LogP contribution in [0.15, 0.2) is 23.5 Å². The van der Waals surface area contributed by atoms with Crippen molar-refractivity contribution < 1.29 is 24.5 Å². The molecule has 1 heterocycles. The highest BCUT2D eigenvalue weighted by Gasteiger charge is 2.53. The number of nitrogens with zero attached hydrogens (tertiary/aromatic N) is 4. The predicted molar refractivity (Wildman–Crippen MR) is 113 cm³/mol. The minimum absolute atomic E-state index is 0.0446. The van der Waals surface area contributed by atoms with Crippen LogP contribution in [0.1, 0.15) is 56.2 Å². The molecule has 0 aromatic heterocycles. The van der Waals surface area contributed by atoms with Crippen LogP contribution in [0.5, 0.6) is 5.75 Å². The summed E-state index contributed by atoms with van der Waals surface area (Å²) < 4.78 is 5.27. The SMILES string of the molecule is CC(C)COC(=O)C1=C(O)C2(CCCC2)N(C)N(Cc2ccc(O)c(C#N)c2C#N)C1=O. The van der Waals surface area contributed by atoms with E-state index in [-0.39, 0.29) is 41.7 Å². The zero-order chi connectivity index (χ0) is 23.6. The quantitative estimate of drug-likeness (QED) is 0.528. The second kappa shape index (κ2) is 8.89. The molecule has 1 aromatic carbocycles. The molecule has 1 spiro atoms. The standard InChI is InChI=1S/C23H26N4O5/c1-14(2)13-32-22(31)19-20(29)23(8-4-5-9-23)26(3)27(21(19)30)12-15-6-7-18(28)17(11-25)16(15)10-24/h6-7,14,28-29H,4-5,8-9,12-13H2,1-3H3. The molecule has 0 radical (unpaired) electrons. The summed E-state index contributed by atoms with van der Waals surface area (Å²) in [5, 5.41) is 42.8. The van der Waals surface area contributed by atoms with Gasteiger partial charge in [-0.25, -0.2) is 9.80 Å². The first-order chi connectivity index (χ1) is 15.2. The maximum Gasteiger partial charge on any atom is 0.347 e. The van der Waals surface area contributed by atoms with Crippen LogP contribution >= 0.6 is 0 Å². The van der Waals surface area contributed by atoms with E-state index in [0.717, 1.165) is 12.8 Å². The number of nitriles is 2. The van der Waals surface area contributed by atoms with Gasteiger partial charge in [0, 0.05) is 7.05 Å². The van der Waals surface area contributed by atoms with Crippen molar-refractivity contribution in [2.45, 2.75) is 51.6 Å². The number of phenols is 1. The summed E-state index contributed by atoms with van der Waals surface area (Å²) in [6.07, 6.45) is 2.71. The highest BCUT2D eigenvalue weighted by Crippen LogP contribution is 2.45. The number of phenolic OH excluding ortho intramolecular Hbond substituents is 1. The second-order valence-electron chi connectivity index (χ2n) is 8.56. The second-order valence-corrected chi connectivity index (χ2v) is 8.56. The van der Waals surface area contributed by atoms with Crippen LogP contribution in [0.4, 0.5) is 0 Å². The fourth-order valence-electron chi connectivity index (χ4n) is 4.35. The molecule has 1 aromatic rings.